The van der Waals surface area contributed by atoms with Crippen LogP contribution in [0.15, 0.2) is 4.90 Å². The van der Waals surface area contributed by atoms with Gasteiger partial charge < -0.3 is 10.6 Å². The Balaban J connectivity index is 1.93. The quantitative estimate of drug-likeness (QED) is 0.676. The molecule has 2 fully saturated rings. The zero-order chi connectivity index (χ0) is 14.3. The van der Waals surface area contributed by atoms with Gasteiger partial charge in [-0.3, -0.25) is 4.79 Å². The topological polar surface area (TPSA) is 46.3 Å². The summed E-state index contributed by atoms with van der Waals surface area (Å²) in [4.78, 5) is 16.7. The van der Waals surface area contributed by atoms with Crippen molar-refractivity contribution in [3.63, 3.8) is 0 Å². The normalized spacial score (nSPS) is 23.1. The zero-order valence-corrected chi connectivity index (χ0v) is 14.3. The standard InChI is InChI=1S/C14H20N2OS3/c1-8-7-16(5-6-19-8)14-13(18-2)10(15)12(20-14)11(17)9-3-4-9/h8-9H,3-7,15H2,1-2H3. The molecule has 1 aliphatic carbocycles. The van der Waals surface area contributed by atoms with Gasteiger partial charge in [0.25, 0.3) is 0 Å². The number of ketones is 1. The van der Waals surface area contributed by atoms with Crippen molar-refractivity contribution in [3.8, 4) is 0 Å². The van der Waals surface area contributed by atoms with E-state index in [2.05, 4.69) is 18.1 Å². The maximum Gasteiger partial charge on any atom is 0.178 e. The van der Waals surface area contributed by atoms with Crippen molar-refractivity contribution < 1.29 is 4.79 Å². The van der Waals surface area contributed by atoms with E-state index in [1.54, 1.807) is 23.1 Å². The summed E-state index contributed by atoms with van der Waals surface area (Å²) in [7, 11) is 0. The Bertz CT molecular complexity index is 525. The number of thiophene rings is 1. The molecule has 2 aliphatic rings. The van der Waals surface area contributed by atoms with E-state index in [1.807, 2.05) is 11.8 Å². The number of nitrogen functional groups attached to an aromatic ring is 1. The lowest BCUT2D eigenvalue weighted by Crippen LogP contribution is -2.36. The molecule has 0 bridgehead atoms. The predicted octanol–water partition coefficient (Wildman–Crippen LogP) is 3.59. The molecule has 0 aromatic carbocycles. The van der Waals surface area contributed by atoms with Crippen LogP contribution in [0.25, 0.3) is 0 Å². The molecule has 1 saturated heterocycles. The molecule has 20 heavy (non-hydrogen) atoms. The van der Waals surface area contributed by atoms with Gasteiger partial charge in [-0.25, -0.2) is 0 Å². The summed E-state index contributed by atoms with van der Waals surface area (Å²) in [5, 5.41) is 1.86. The molecule has 1 atom stereocenters. The van der Waals surface area contributed by atoms with E-state index >= 15 is 0 Å². The smallest absolute Gasteiger partial charge is 0.178 e. The highest BCUT2D eigenvalue weighted by molar-refractivity contribution is 8.00. The summed E-state index contributed by atoms with van der Waals surface area (Å²) in [6.45, 7) is 4.37. The van der Waals surface area contributed by atoms with Crippen LogP contribution in [0.3, 0.4) is 0 Å². The SMILES string of the molecule is CSc1c(N2CCSC(C)C2)sc(C(=O)C2CC2)c1N. The van der Waals surface area contributed by atoms with Gasteiger partial charge in [-0.05, 0) is 19.1 Å². The van der Waals surface area contributed by atoms with E-state index in [0.29, 0.717) is 5.25 Å². The number of anilines is 2. The molecule has 2 heterocycles. The van der Waals surface area contributed by atoms with Crippen molar-refractivity contribution in [2.75, 3.05) is 35.7 Å². The van der Waals surface area contributed by atoms with E-state index in [0.717, 1.165) is 47.1 Å². The molecule has 110 valence electrons. The molecule has 0 amide bonds. The van der Waals surface area contributed by atoms with E-state index in [4.69, 9.17) is 5.73 Å². The molecule has 1 aromatic heterocycles. The Kier molecular flexibility index (Phi) is 4.24. The summed E-state index contributed by atoms with van der Waals surface area (Å²) in [6.07, 6.45) is 4.13. The zero-order valence-electron chi connectivity index (χ0n) is 11.8. The van der Waals surface area contributed by atoms with Crippen molar-refractivity contribution in [2.24, 2.45) is 5.92 Å². The van der Waals surface area contributed by atoms with Gasteiger partial charge in [-0.15, -0.1) is 23.1 Å². The molecule has 1 saturated carbocycles. The molecule has 1 aliphatic heterocycles. The Morgan fingerprint density at radius 1 is 1.45 bits per heavy atom. The number of nitrogens with zero attached hydrogens (tertiary/aromatic N) is 1. The molecule has 3 nitrogen and oxygen atoms in total. The van der Waals surface area contributed by atoms with Crippen LogP contribution in [0.4, 0.5) is 10.7 Å². The summed E-state index contributed by atoms with van der Waals surface area (Å²) in [5.41, 5.74) is 6.98. The van der Waals surface area contributed by atoms with Gasteiger partial charge in [0.2, 0.25) is 0 Å². The Labute approximate surface area is 132 Å². The second-order valence-electron chi connectivity index (χ2n) is 5.45. The third-order valence-electron chi connectivity index (χ3n) is 3.79. The average molecular weight is 329 g/mol. The van der Waals surface area contributed by atoms with E-state index in [9.17, 15) is 4.79 Å². The maximum absolute atomic E-state index is 12.4. The summed E-state index contributed by atoms with van der Waals surface area (Å²) in [5.74, 6) is 1.67. The van der Waals surface area contributed by atoms with Crippen LogP contribution in [-0.2, 0) is 0 Å². The summed E-state index contributed by atoms with van der Waals surface area (Å²) >= 11 is 5.31. The highest BCUT2D eigenvalue weighted by Gasteiger charge is 2.35. The molecule has 6 heteroatoms. The van der Waals surface area contributed by atoms with E-state index < -0.39 is 0 Å². The average Bonchev–Trinajstić information content (AvgIpc) is 3.22. The van der Waals surface area contributed by atoms with Crippen molar-refractivity contribution in [1.82, 2.24) is 0 Å². The van der Waals surface area contributed by atoms with Gasteiger partial charge in [0, 0.05) is 30.0 Å². The maximum atomic E-state index is 12.4. The van der Waals surface area contributed by atoms with Crippen LogP contribution in [0.2, 0.25) is 0 Å². The molecule has 3 rings (SSSR count). The monoisotopic (exact) mass is 328 g/mol. The van der Waals surface area contributed by atoms with E-state index in [-0.39, 0.29) is 11.7 Å². The largest absolute Gasteiger partial charge is 0.396 e. The number of hydrogen-bond donors (Lipinski definition) is 1. The number of hydrogen-bond acceptors (Lipinski definition) is 6. The van der Waals surface area contributed by atoms with Crippen LogP contribution >= 0.6 is 34.9 Å². The first-order valence-electron chi connectivity index (χ1n) is 6.98. The Morgan fingerprint density at radius 2 is 2.20 bits per heavy atom. The number of carbonyl (C=O) groups is 1. The van der Waals surface area contributed by atoms with Crippen molar-refractivity contribution in [2.45, 2.75) is 29.9 Å². The second-order valence-corrected chi connectivity index (χ2v) is 8.81. The van der Waals surface area contributed by atoms with Crippen molar-refractivity contribution >= 4 is 51.3 Å². The number of rotatable bonds is 4. The van der Waals surface area contributed by atoms with E-state index in [1.165, 1.54) is 5.00 Å². The number of carbonyl (C=O) groups excluding carboxylic acids is 1. The van der Waals surface area contributed by atoms with Crippen LogP contribution in [0, 0.1) is 5.92 Å². The van der Waals surface area contributed by atoms with Gasteiger partial charge >= 0.3 is 0 Å². The first-order chi connectivity index (χ1) is 9.61. The molecule has 1 aromatic rings. The summed E-state index contributed by atoms with van der Waals surface area (Å²) in [6, 6.07) is 0. The Hall–Kier alpha value is -0.330. The summed E-state index contributed by atoms with van der Waals surface area (Å²) < 4.78 is 0. The lowest BCUT2D eigenvalue weighted by Gasteiger charge is -2.31. The number of nitrogens with two attached hydrogens (primary N) is 1. The molecular weight excluding hydrogens is 308 g/mol. The van der Waals surface area contributed by atoms with Gasteiger partial charge in [0.05, 0.1) is 15.5 Å². The first-order valence-corrected chi connectivity index (χ1v) is 10.1. The van der Waals surface area contributed by atoms with Crippen LogP contribution in [0.1, 0.15) is 29.4 Å². The fourth-order valence-corrected chi connectivity index (χ4v) is 5.79. The molecule has 0 radical (unpaired) electrons. The van der Waals surface area contributed by atoms with Gasteiger partial charge in [-0.2, -0.15) is 11.8 Å². The third-order valence-corrected chi connectivity index (χ3v) is 7.15. The van der Waals surface area contributed by atoms with Crippen LogP contribution in [-0.4, -0.2) is 36.1 Å². The lowest BCUT2D eigenvalue weighted by molar-refractivity contribution is 0.0972. The van der Waals surface area contributed by atoms with Crippen LogP contribution in [0.5, 0.6) is 0 Å². The first kappa shape index (κ1) is 14.6. The fraction of sp³-hybridized carbons (Fsp3) is 0.643. The lowest BCUT2D eigenvalue weighted by atomic mass is 10.2. The fourth-order valence-electron chi connectivity index (χ4n) is 2.54. The van der Waals surface area contributed by atoms with Gasteiger partial charge in [0.1, 0.15) is 5.00 Å². The number of thioether (sulfide) groups is 2. The highest BCUT2D eigenvalue weighted by atomic mass is 32.2. The minimum Gasteiger partial charge on any atom is -0.396 e. The van der Waals surface area contributed by atoms with Gasteiger partial charge in [-0.1, -0.05) is 6.92 Å². The highest BCUT2D eigenvalue weighted by Crippen LogP contribution is 2.47. The minimum absolute atomic E-state index is 0.245. The van der Waals surface area contributed by atoms with Crippen molar-refractivity contribution in [1.29, 1.82) is 0 Å². The molecule has 1 unspecified atom stereocenters. The predicted molar refractivity (Wildman–Crippen MR) is 91.7 cm³/mol. The minimum atomic E-state index is 0.245. The molecular formula is C14H20N2OS3. The van der Waals surface area contributed by atoms with Gasteiger partial charge in [0.15, 0.2) is 5.78 Å². The van der Waals surface area contributed by atoms with Crippen molar-refractivity contribution in [3.05, 3.63) is 4.88 Å². The number of Topliss-reactive ketones (excluding diaryl/α,β-unsaturated/α-hetero) is 1. The molecule has 2 N–H and O–H groups in total. The Morgan fingerprint density at radius 3 is 2.80 bits per heavy atom. The third kappa shape index (κ3) is 2.70. The van der Waals surface area contributed by atoms with Crippen LogP contribution < -0.4 is 10.6 Å². The second kappa shape index (κ2) is 5.81. The molecule has 0 spiro atoms.